The van der Waals surface area contributed by atoms with Crippen molar-refractivity contribution in [2.75, 3.05) is 4.72 Å². The normalized spacial score (nSPS) is 11.3. The number of pyridine rings is 1. The van der Waals surface area contributed by atoms with Crippen LogP contribution in [0.15, 0.2) is 95.9 Å². The fourth-order valence-electron chi connectivity index (χ4n) is 3.21. The molecule has 0 spiro atoms. The number of anilines is 1. The molecule has 4 rings (SSSR count). The van der Waals surface area contributed by atoms with E-state index < -0.39 is 10.0 Å². The summed E-state index contributed by atoms with van der Waals surface area (Å²) in [6, 6.07) is 28.2. The molecule has 0 bridgehead atoms. The number of hydrogen-bond donors (Lipinski definition) is 1. The highest BCUT2D eigenvalue weighted by atomic mass is 32.2. The molecule has 0 aliphatic rings. The van der Waals surface area contributed by atoms with Crippen molar-refractivity contribution in [1.82, 2.24) is 4.98 Å². The van der Waals surface area contributed by atoms with Gasteiger partial charge in [-0.25, -0.2) is 13.4 Å². The second-order valence-corrected chi connectivity index (χ2v) is 8.93. The molecule has 1 heterocycles. The quantitative estimate of drug-likeness (QED) is 0.447. The Morgan fingerprint density at radius 3 is 1.83 bits per heavy atom. The second kappa shape index (κ2) is 8.13. The van der Waals surface area contributed by atoms with Crippen LogP contribution in [-0.4, -0.2) is 13.4 Å². The van der Waals surface area contributed by atoms with Crippen LogP contribution in [-0.2, 0) is 10.0 Å². The Morgan fingerprint density at radius 1 is 0.667 bits per heavy atom. The van der Waals surface area contributed by atoms with E-state index in [2.05, 4.69) is 29.0 Å². The predicted molar refractivity (Wildman–Crippen MR) is 122 cm³/mol. The highest BCUT2D eigenvalue weighted by Gasteiger charge is 2.16. The number of nitrogens with one attached hydrogen (secondary N) is 1. The average molecular weight is 415 g/mol. The fraction of sp³-hybridized carbons (Fsp3) is 0.0800. The molecule has 0 aliphatic heterocycles. The Kier molecular flexibility index (Phi) is 5.38. The minimum absolute atomic E-state index is 0.200. The largest absolute Gasteiger partial charge is 0.263 e. The third kappa shape index (κ3) is 4.26. The molecule has 0 fully saturated rings. The molecule has 0 aliphatic carbocycles. The van der Waals surface area contributed by atoms with Crippen LogP contribution in [0, 0.1) is 13.8 Å². The van der Waals surface area contributed by atoms with E-state index in [4.69, 9.17) is 4.98 Å². The highest BCUT2D eigenvalue weighted by molar-refractivity contribution is 7.92. The molecule has 30 heavy (non-hydrogen) atoms. The maximum absolute atomic E-state index is 12.7. The maximum Gasteiger partial charge on any atom is 0.263 e. The molecule has 1 N–H and O–H groups in total. The molecule has 0 amide bonds. The van der Waals surface area contributed by atoms with Crippen molar-refractivity contribution in [3.05, 3.63) is 102 Å². The van der Waals surface area contributed by atoms with E-state index in [1.165, 1.54) is 5.56 Å². The lowest BCUT2D eigenvalue weighted by atomic mass is 9.98. The second-order valence-electron chi connectivity index (χ2n) is 7.24. The summed E-state index contributed by atoms with van der Waals surface area (Å²) in [5.41, 5.74) is 5.96. The lowest BCUT2D eigenvalue weighted by Crippen LogP contribution is -2.14. The van der Waals surface area contributed by atoms with Gasteiger partial charge in [0, 0.05) is 11.1 Å². The van der Waals surface area contributed by atoms with E-state index in [0.29, 0.717) is 0 Å². The van der Waals surface area contributed by atoms with Crippen LogP contribution in [0.1, 0.15) is 11.1 Å². The van der Waals surface area contributed by atoms with Crippen LogP contribution in [0.5, 0.6) is 0 Å². The Balaban J connectivity index is 1.80. The maximum atomic E-state index is 12.7. The van der Waals surface area contributed by atoms with Crippen LogP contribution in [0.2, 0.25) is 0 Å². The summed E-state index contributed by atoms with van der Waals surface area (Å²) in [6.07, 6.45) is 0. The lowest BCUT2D eigenvalue weighted by molar-refractivity contribution is 0.601. The SMILES string of the molecule is Cc1ccc(-c2ccc(NS(=O)(=O)c3ccccc3)nc2-c2ccc(C)cc2)cc1. The molecule has 3 aromatic carbocycles. The third-order valence-electron chi connectivity index (χ3n) is 4.88. The zero-order valence-electron chi connectivity index (χ0n) is 16.8. The van der Waals surface area contributed by atoms with Crippen molar-refractivity contribution in [2.24, 2.45) is 0 Å². The number of sulfonamides is 1. The van der Waals surface area contributed by atoms with E-state index in [-0.39, 0.29) is 10.7 Å². The van der Waals surface area contributed by atoms with Gasteiger partial charge in [0.25, 0.3) is 10.0 Å². The fourth-order valence-corrected chi connectivity index (χ4v) is 4.23. The monoisotopic (exact) mass is 414 g/mol. The first-order chi connectivity index (χ1) is 14.4. The van der Waals surface area contributed by atoms with Gasteiger partial charge in [0.1, 0.15) is 5.82 Å². The molecule has 0 unspecified atom stereocenters. The molecular weight excluding hydrogens is 392 g/mol. The molecule has 4 aromatic rings. The summed E-state index contributed by atoms with van der Waals surface area (Å²) in [4.78, 5) is 4.89. The van der Waals surface area contributed by atoms with Crippen molar-refractivity contribution in [3.63, 3.8) is 0 Å². The number of nitrogens with zero attached hydrogens (tertiary/aromatic N) is 1. The van der Waals surface area contributed by atoms with Crippen LogP contribution in [0.3, 0.4) is 0 Å². The topological polar surface area (TPSA) is 59.1 Å². The van der Waals surface area contributed by atoms with Crippen molar-refractivity contribution in [3.8, 4) is 22.4 Å². The highest BCUT2D eigenvalue weighted by Crippen LogP contribution is 2.32. The zero-order valence-corrected chi connectivity index (χ0v) is 17.6. The summed E-state index contributed by atoms with van der Waals surface area (Å²) in [7, 11) is -3.71. The third-order valence-corrected chi connectivity index (χ3v) is 6.25. The number of hydrogen-bond acceptors (Lipinski definition) is 3. The van der Waals surface area contributed by atoms with Gasteiger partial charge in [-0.05, 0) is 43.7 Å². The van der Waals surface area contributed by atoms with E-state index in [1.807, 2.05) is 44.2 Å². The van der Waals surface area contributed by atoms with Gasteiger partial charge in [0.15, 0.2) is 0 Å². The standard InChI is InChI=1S/C25H22N2O2S/c1-18-8-12-20(13-9-18)23-16-17-24(26-25(23)21-14-10-19(2)11-15-21)27-30(28,29)22-6-4-3-5-7-22/h3-17H,1-2H3,(H,26,27). The summed E-state index contributed by atoms with van der Waals surface area (Å²) in [5, 5.41) is 0. The average Bonchev–Trinajstić information content (AvgIpc) is 2.75. The van der Waals surface area contributed by atoms with Gasteiger partial charge in [0.05, 0.1) is 10.6 Å². The molecule has 150 valence electrons. The molecule has 5 heteroatoms. The molecule has 4 nitrogen and oxygen atoms in total. The van der Waals surface area contributed by atoms with Crippen LogP contribution < -0.4 is 4.72 Å². The molecule has 0 saturated heterocycles. The molecule has 0 radical (unpaired) electrons. The van der Waals surface area contributed by atoms with Crippen LogP contribution in [0.25, 0.3) is 22.4 Å². The van der Waals surface area contributed by atoms with Gasteiger partial charge in [-0.3, -0.25) is 4.72 Å². The molecule has 0 atom stereocenters. The van der Waals surface area contributed by atoms with Crippen molar-refractivity contribution < 1.29 is 8.42 Å². The zero-order chi connectivity index (χ0) is 21.1. The minimum atomic E-state index is -3.71. The Bertz CT molecular complexity index is 1270. The van der Waals surface area contributed by atoms with Gasteiger partial charge >= 0.3 is 0 Å². The van der Waals surface area contributed by atoms with Gasteiger partial charge in [0.2, 0.25) is 0 Å². The first-order valence-electron chi connectivity index (χ1n) is 9.65. The Morgan fingerprint density at radius 2 is 1.23 bits per heavy atom. The van der Waals surface area contributed by atoms with Gasteiger partial charge in [-0.2, -0.15) is 0 Å². The predicted octanol–water partition coefficient (Wildman–Crippen LogP) is 5.83. The minimum Gasteiger partial charge on any atom is -0.263 e. The van der Waals surface area contributed by atoms with Gasteiger partial charge in [-0.1, -0.05) is 77.9 Å². The van der Waals surface area contributed by atoms with Crippen molar-refractivity contribution in [2.45, 2.75) is 18.7 Å². The first-order valence-corrected chi connectivity index (χ1v) is 11.1. The van der Waals surface area contributed by atoms with Crippen molar-refractivity contribution in [1.29, 1.82) is 0 Å². The summed E-state index contributed by atoms with van der Waals surface area (Å²) < 4.78 is 28.1. The summed E-state index contributed by atoms with van der Waals surface area (Å²) in [5.74, 6) is 0.283. The number of rotatable bonds is 5. The van der Waals surface area contributed by atoms with E-state index in [9.17, 15) is 8.42 Å². The lowest BCUT2D eigenvalue weighted by Gasteiger charge is -2.14. The van der Waals surface area contributed by atoms with Crippen molar-refractivity contribution >= 4 is 15.8 Å². The molecular formula is C25H22N2O2S. The summed E-state index contributed by atoms with van der Waals surface area (Å²) in [6.45, 7) is 4.08. The summed E-state index contributed by atoms with van der Waals surface area (Å²) >= 11 is 0. The Labute approximate surface area is 177 Å². The van der Waals surface area contributed by atoms with Crippen LogP contribution in [0.4, 0.5) is 5.82 Å². The molecule has 1 aromatic heterocycles. The van der Waals surface area contributed by atoms with E-state index in [0.717, 1.165) is 27.9 Å². The van der Waals surface area contributed by atoms with E-state index in [1.54, 1.807) is 36.4 Å². The number of aromatic nitrogens is 1. The van der Waals surface area contributed by atoms with E-state index >= 15 is 0 Å². The first kappa shape index (κ1) is 19.9. The van der Waals surface area contributed by atoms with Crippen LogP contribution >= 0.6 is 0 Å². The Hall–Kier alpha value is -3.44. The number of aryl methyl sites for hydroxylation is 2. The van der Waals surface area contributed by atoms with Gasteiger partial charge in [-0.15, -0.1) is 0 Å². The number of benzene rings is 3. The smallest absolute Gasteiger partial charge is 0.263 e. The van der Waals surface area contributed by atoms with Gasteiger partial charge < -0.3 is 0 Å². The molecule has 0 saturated carbocycles.